The molecule has 0 unspecified atom stereocenters. The normalized spacial score (nSPS) is 32.6. The molecular formula is C23H29N3O. The van der Waals surface area contributed by atoms with E-state index >= 15 is 0 Å². The fraction of sp³-hybridized carbons (Fsp3) is 0.522. The van der Waals surface area contributed by atoms with Crippen LogP contribution in [0.15, 0.2) is 42.6 Å². The number of pyridine rings is 1. The van der Waals surface area contributed by atoms with Crippen LogP contribution in [0.4, 0.5) is 0 Å². The van der Waals surface area contributed by atoms with E-state index in [2.05, 4.69) is 34.9 Å². The van der Waals surface area contributed by atoms with Crippen molar-refractivity contribution in [2.45, 2.75) is 50.7 Å². The second kappa shape index (κ2) is 6.92. The van der Waals surface area contributed by atoms with Crippen molar-refractivity contribution in [1.29, 1.82) is 0 Å². The van der Waals surface area contributed by atoms with Crippen LogP contribution < -0.4 is 0 Å². The number of fused-ring (bicyclic) bond motifs is 2. The van der Waals surface area contributed by atoms with E-state index in [0.29, 0.717) is 23.8 Å². The number of aryl methyl sites for hydroxylation is 1. The highest BCUT2D eigenvalue weighted by Gasteiger charge is 2.53. The summed E-state index contributed by atoms with van der Waals surface area (Å²) in [4.78, 5) is 10.1. The predicted molar refractivity (Wildman–Crippen MR) is 107 cm³/mol. The summed E-state index contributed by atoms with van der Waals surface area (Å²) >= 11 is 0. The zero-order valence-corrected chi connectivity index (χ0v) is 16.1. The summed E-state index contributed by atoms with van der Waals surface area (Å²) in [6, 6.07) is 13.6. The number of phenolic OH excluding ortho intramolecular Hbond substituents is 1. The molecule has 1 aromatic heterocycles. The molecule has 4 fully saturated rings. The van der Waals surface area contributed by atoms with Crippen LogP contribution in [-0.2, 0) is 13.0 Å². The third-order valence-electron chi connectivity index (χ3n) is 7.05. The van der Waals surface area contributed by atoms with E-state index in [1.807, 2.05) is 18.3 Å². The molecule has 4 saturated heterocycles. The van der Waals surface area contributed by atoms with Crippen LogP contribution in [0.1, 0.15) is 42.5 Å². The van der Waals surface area contributed by atoms with Crippen LogP contribution in [-0.4, -0.2) is 51.6 Å². The average molecular weight is 364 g/mol. The first kappa shape index (κ1) is 17.2. The maximum atomic E-state index is 10.0. The highest BCUT2D eigenvalue weighted by Crippen LogP contribution is 2.47. The van der Waals surface area contributed by atoms with Gasteiger partial charge in [-0.3, -0.25) is 14.8 Å². The van der Waals surface area contributed by atoms with E-state index in [4.69, 9.17) is 4.98 Å². The lowest BCUT2D eigenvalue weighted by molar-refractivity contribution is -0.00898. The third kappa shape index (κ3) is 3.05. The Bertz CT molecular complexity index is 798. The first-order valence-corrected chi connectivity index (χ1v) is 10.4. The average Bonchev–Trinajstić information content (AvgIpc) is 3.11. The molecule has 1 aromatic carbocycles. The fourth-order valence-electron chi connectivity index (χ4n) is 5.74. The van der Waals surface area contributed by atoms with Gasteiger partial charge in [-0.2, -0.15) is 0 Å². The molecule has 6 rings (SSSR count). The van der Waals surface area contributed by atoms with E-state index in [9.17, 15) is 5.11 Å². The van der Waals surface area contributed by atoms with E-state index in [0.717, 1.165) is 25.4 Å². The fourth-order valence-corrected chi connectivity index (χ4v) is 5.74. The molecule has 4 nitrogen and oxygen atoms in total. The first-order valence-electron chi connectivity index (χ1n) is 10.4. The summed E-state index contributed by atoms with van der Waals surface area (Å²) in [6.07, 6.45) is 5.73. The number of nitrogens with zero attached hydrogens (tertiary/aromatic N) is 3. The van der Waals surface area contributed by atoms with Gasteiger partial charge in [0.1, 0.15) is 5.75 Å². The molecule has 0 amide bonds. The second-order valence-electron chi connectivity index (χ2n) is 8.50. The number of hydrogen-bond acceptors (Lipinski definition) is 4. The van der Waals surface area contributed by atoms with Crippen LogP contribution in [0, 0.1) is 5.92 Å². The Morgan fingerprint density at radius 3 is 2.67 bits per heavy atom. The van der Waals surface area contributed by atoms with Crippen LogP contribution in [0.5, 0.6) is 5.75 Å². The lowest BCUT2D eigenvalue weighted by atomic mass is 9.75. The van der Waals surface area contributed by atoms with Crippen LogP contribution >= 0.6 is 0 Å². The van der Waals surface area contributed by atoms with Crippen molar-refractivity contribution in [3.05, 3.63) is 59.4 Å². The van der Waals surface area contributed by atoms with E-state index in [-0.39, 0.29) is 0 Å². The van der Waals surface area contributed by atoms with Gasteiger partial charge in [-0.1, -0.05) is 25.1 Å². The smallest absolute Gasteiger partial charge is 0.115 e. The Morgan fingerprint density at radius 2 is 1.96 bits per heavy atom. The van der Waals surface area contributed by atoms with Crippen molar-refractivity contribution < 1.29 is 5.11 Å². The number of phenols is 1. The predicted octanol–water partition coefficient (Wildman–Crippen LogP) is 3.41. The minimum absolute atomic E-state index is 0.385. The van der Waals surface area contributed by atoms with Gasteiger partial charge in [0.15, 0.2) is 0 Å². The van der Waals surface area contributed by atoms with Crippen molar-refractivity contribution in [3.63, 3.8) is 0 Å². The molecular weight excluding hydrogens is 334 g/mol. The molecule has 3 atom stereocenters. The van der Waals surface area contributed by atoms with Crippen LogP contribution in [0.3, 0.4) is 0 Å². The summed E-state index contributed by atoms with van der Waals surface area (Å²) in [5.74, 6) is 1.66. The molecule has 5 heterocycles. The topological polar surface area (TPSA) is 39.6 Å². The summed E-state index contributed by atoms with van der Waals surface area (Å²) in [7, 11) is 0. The minimum Gasteiger partial charge on any atom is -0.508 e. The zero-order valence-electron chi connectivity index (χ0n) is 16.1. The summed E-state index contributed by atoms with van der Waals surface area (Å²) in [5, 5.41) is 10.0. The van der Waals surface area contributed by atoms with E-state index < -0.39 is 0 Å². The van der Waals surface area contributed by atoms with Crippen molar-refractivity contribution >= 4 is 0 Å². The Kier molecular flexibility index (Phi) is 4.41. The van der Waals surface area contributed by atoms with Gasteiger partial charge in [-0.15, -0.1) is 0 Å². The zero-order chi connectivity index (χ0) is 18.4. The standard InChI is InChI=1S/C23H29N3O/c1-2-16-6-7-19(24-13-16)14-26-15-21(18-4-3-5-20(27)12-18)23-22(26)17-8-10-25(23)11-9-17/h3-7,12-13,17,21-23,27H,2,8-11,14-15H2,1H3/t21-,22+,23+/m0/s1. The number of likely N-dealkylation sites (tertiary alicyclic amines) is 1. The number of aromatic nitrogens is 1. The Hall–Kier alpha value is -1.91. The van der Waals surface area contributed by atoms with Crippen molar-refractivity contribution in [1.82, 2.24) is 14.8 Å². The minimum atomic E-state index is 0.385. The van der Waals surface area contributed by atoms with Crippen molar-refractivity contribution in [2.75, 3.05) is 19.6 Å². The maximum Gasteiger partial charge on any atom is 0.115 e. The van der Waals surface area contributed by atoms with E-state index in [1.54, 1.807) is 6.07 Å². The quantitative estimate of drug-likeness (QED) is 0.904. The molecule has 4 aliphatic rings. The highest BCUT2D eigenvalue weighted by atomic mass is 16.3. The van der Waals surface area contributed by atoms with Gasteiger partial charge in [0.05, 0.1) is 5.69 Å². The number of benzene rings is 1. The van der Waals surface area contributed by atoms with E-state index in [1.165, 1.54) is 42.8 Å². The van der Waals surface area contributed by atoms with Gasteiger partial charge >= 0.3 is 0 Å². The second-order valence-corrected chi connectivity index (χ2v) is 8.50. The third-order valence-corrected chi connectivity index (χ3v) is 7.05. The number of aromatic hydroxyl groups is 1. The Balaban J connectivity index is 1.45. The molecule has 0 radical (unpaired) electrons. The Labute approximate surface area is 161 Å². The summed E-state index contributed by atoms with van der Waals surface area (Å²) in [5.41, 5.74) is 3.77. The van der Waals surface area contributed by atoms with Gasteiger partial charge in [0, 0.05) is 37.3 Å². The summed E-state index contributed by atoms with van der Waals surface area (Å²) in [6.45, 7) is 6.64. The lowest BCUT2D eigenvalue weighted by Crippen LogP contribution is -2.60. The van der Waals surface area contributed by atoms with Crippen LogP contribution in [0.25, 0.3) is 0 Å². The number of piperidine rings is 3. The maximum absolute atomic E-state index is 10.0. The van der Waals surface area contributed by atoms with Gasteiger partial charge in [-0.25, -0.2) is 0 Å². The molecule has 2 bridgehead atoms. The highest BCUT2D eigenvalue weighted by molar-refractivity contribution is 5.33. The molecule has 27 heavy (non-hydrogen) atoms. The van der Waals surface area contributed by atoms with Gasteiger partial charge in [-0.05, 0) is 67.6 Å². The molecule has 1 N–H and O–H groups in total. The molecule has 4 aliphatic heterocycles. The molecule has 142 valence electrons. The molecule has 4 heteroatoms. The van der Waals surface area contributed by atoms with Crippen LogP contribution in [0.2, 0.25) is 0 Å². The summed E-state index contributed by atoms with van der Waals surface area (Å²) < 4.78 is 0. The Morgan fingerprint density at radius 1 is 1.11 bits per heavy atom. The van der Waals surface area contributed by atoms with Crippen molar-refractivity contribution in [3.8, 4) is 5.75 Å². The molecule has 0 aliphatic carbocycles. The number of hydrogen-bond donors (Lipinski definition) is 1. The molecule has 2 aromatic rings. The SMILES string of the molecule is CCc1ccc(CN2C[C@@H](c3cccc(O)c3)[C@@H]3[C@H]2C2CCN3CC2)nc1. The van der Waals surface area contributed by atoms with Crippen molar-refractivity contribution in [2.24, 2.45) is 5.92 Å². The lowest BCUT2D eigenvalue weighted by Gasteiger charge is -2.51. The largest absolute Gasteiger partial charge is 0.508 e. The van der Waals surface area contributed by atoms with Gasteiger partial charge in [0.2, 0.25) is 0 Å². The first-order chi connectivity index (χ1) is 13.2. The molecule has 0 saturated carbocycles. The molecule has 0 spiro atoms. The number of rotatable bonds is 4. The van der Waals surface area contributed by atoms with Gasteiger partial charge in [0.25, 0.3) is 0 Å². The van der Waals surface area contributed by atoms with Gasteiger partial charge < -0.3 is 5.11 Å². The monoisotopic (exact) mass is 363 g/mol.